The average molecular weight is 292 g/mol. The second kappa shape index (κ2) is 5.85. The summed E-state index contributed by atoms with van der Waals surface area (Å²) < 4.78 is 13.1. The number of amides is 1. The number of hydrogen-bond donors (Lipinski definition) is 3. The molecule has 0 saturated carbocycles. The predicted octanol–water partition coefficient (Wildman–Crippen LogP) is 2.83. The normalized spacial score (nSPS) is 13.4. The third-order valence-corrected chi connectivity index (χ3v) is 3.40. The van der Waals surface area contributed by atoms with E-state index in [1.54, 1.807) is 19.1 Å². The summed E-state index contributed by atoms with van der Waals surface area (Å²) in [6.45, 7) is 6.16. The standard InChI is InChI=1S/C16H21FN2O2/c1-10(20)8-16(2,3)9-18-15(21)14-7-11-6-12(17)4-5-13(11)19-14/h4-7,10,19-20H,8-9H2,1-3H3,(H,18,21). The van der Waals surface area contributed by atoms with Crippen LogP contribution in [0.2, 0.25) is 0 Å². The quantitative estimate of drug-likeness (QED) is 0.793. The Hall–Kier alpha value is -1.88. The van der Waals surface area contributed by atoms with E-state index < -0.39 is 6.10 Å². The van der Waals surface area contributed by atoms with E-state index in [4.69, 9.17) is 0 Å². The molecule has 0 bridgehead atoms. The van der Waals surface area contributed by atoms with Gasteiger partial charge in [0.25, 0.3) is 5.91 Å². The molecule has 3 N–H and O–H groups in total. The SMILES string of the molecule is CC(O)CC(C)(C)CNC(=O)c1cc2cc(F)ccc2[nH]1. The Bertz CT molecular complexity index is 647. The fourth-order valence-corrected chi connectivity index (χ4v) is 2.51. The van der Waals surface area contributed by atoms with E-state index in [1.807, 2.05) is 13.8 Å². The molecule has 0 radical (unpaired) electrons. The van der Waals surface area contributed by atoms with Gasteiger partial charge in [0.1, 0.15) is 11.5 Å². The Morgan fingerprint density at radius 2 is 2.14 bits per heavy atom. The molecule has 4 nitrogen and oxygen atoms in total. The molecule has 0 fully saturated rings. The Balaban J connectivity index is 2.05. The second-order valence-electron chi connectivity index (χ2n) is 6.31. The van der Waals surface area contributed by atoms with Gasteiger partial charge < -0.3 is 15.4 Å². The van der Waals surface area contributed by atoms with E-state index >= 15 is 0 Å². The van der Waals surface area contributed by atoms with Crippen molar-refractivity contribution in [2.75, 3.05) is 6.54 Å². The lowest BCUT2D eigenvalue weighted by Crippen LogP contribution is -2.35. The van der Waals surface area contributed by atoms with Crippen LogP contribution in [-0.2, 0) is 0 Å². The van der Waals surface area contributed by atoms with Crippen molar-refractivity contribution < 1.29 is 14.3 Å². The first kappa shape index (κ1) is 15.5. The predicted molar refractivity (Wildman–Crippen MR) is 80.7 cm³/mol. The average Bonchev–Trinajstić information content (AvgIpc) is 2.77. The highest BCUT2D eigenvalue weighted by Gasteiger charge is 2.21. The van der Waals surface area contributed by atoms with Gasteiger partial charge in [-0.3, -0.25) is 4.79 Å². The maximum absolute atomic E-state index is 13.1. The van der Waals surface area contributed by atoms with Gasteiger partial charge in [-0.15, -0.1) is 0 Å². The molecule has 0 spiro atoms. The van der Waals surface area contributed by atoms with Crippen LogP contribution in [0.4, 0.5) is 4.39 Å². The summed E-state index contributed by atoms with van der Waals surface area (Å²) in [7, 11) is 0. The number of nitrogens with one attached hydrogen (secondary N) is 2. The number of aromatic amines is 1. The van der Waals surface area contributed by atoms with Gasteiger partial charge in [0.05, 0.1) is 6.10 Å². The van der Waals surface area contributed by atoms with Gasteiger partial charge in [0.15, 0.2) is 0 Å². The highest BCUT2D eigenvalue weighted by molar-refractivity contribution is 5.98. The first-order valence-corrected chi connectivity index (χ1v) is 7.01. The Morgan fingerprint density at radius 1 is 1.43 bits per heavy atom. The van der Waals surface area contributed by atoms with Gasteiger partial charge in [0, 0.05) is 17.4 Å². The lowest BCUT2D eigenvalue weighted by molar-refractivity contribution is 0.0898. The molecule has 0 aliphatic carbocycles. The number of H-pyrrole nitrogens is 1. The lowest BCUT2D eigenvalue weighted by Gasteiger charge is -2.26. The molecule has 114 valence electrons. The van der Waals surface area contributed by atoms with Gasteiger partial charge >= 0.3 is 0 Å². The summed E-state index contributed by atoms with van der Waals surface area (Å²) in [4.78, 5) is 15.1. The van der Waals surface area contributed by atoms with Crippen LogP contribution in [0.5, 0.6) is 0 Å². The first-order valence-electron chi connectivity index (χ1n) is 7.01. The third kappa shape index (κ3) is 4.04. The van der Waals surface area contributed by atoms with Crippen LogP contribution in [-0.4, -0.2) is 28.6 Å². The molecule has 1 aromatic heterocycles. The second-order valence-corrected chi connectivity index (χ2v) is 6.31. The van der Waals surface area contributed by atoms with E-state index in [0.717, 1.165) is 5.52 Å². The lowest BCUT2D eigenvalue weighted by atomic mass is 9.87. The maximum Gasteiger partial charge on any atom is 0.267 e. The number of aliphatic hydroxyl groups is 1. The molecule has 1 atom stereocenters. The van der Waals surface area contributed by atoms with Crippen LogP contribution in [0.3, 0.4) is 0 Å². The summed E-state index contributed by atoms with van der Waals surface area (Å²) >= 11 is 0. The summed E-state index contributed by atoms with van der Waals surface area (Å²) in [5, 5.41) is 13.0. The Morgan fingerprint density at radius 3 is 2.81 bits per heavy atom. The number of aliphatic hydroxyl groups excluding tert-OH is 1. The molecule has 2 rings (SSSR count). The van der Waals surface area contributed by atoms with Gasteiger partial charge in [-0.1, -0.05) is 13.8 Å². The summed E-state index contributed by atoms with van der Waals surface area (Å²) in [6.07, 6.45) is 0.193. The fraction of sp³-hybridized carbons (Fsp3) is 0.438. The van der Waals surface area contributed by atoms with Gasteiger partial charge in [-0.2, -0.15) is 0 Å². The van der Waals surface area contributed by atoms with E-state index in [9.17, 15) is 14.3 Å². The molecule has 2 aromatic rings. The van der Waals surface area contributed by atoms with Gasteiger partial charge in [0.2, 0.25) is 0 Å². The monoisotopic (exact) mass is 292 g/mol. The minimum absolute atomic E-state index is 0.193. The van der Waals surface area contributed by atoms with E-state index in [-0.39, 0.29) is 17.1 Å². The highest BCUT2D eigenvalue weighted by Crippen LogP contribution is 2.21. The van der Waals surface area contributed by atoms with Gasteiger partial charge in [-0.25, -0.2) is 4.39 Å². The number of aromatic nitrogens is 1. The topological polar surface area (TPSA) is 65.1 Å². The number of benzene rings is 1. The zero-order valence-electron chi connectivity index (χ0n) is 12.5. The van der Waals surface area contributed by atoms with Crippen molar-refractivity contribution in [1.82, 2.24) is 10.3 Å². The summed E-state index contributed by atoms with van der Waals surface area (Å²) in [5.41, 5.74) is 0.940. The van der Waals surface area contributed by atoms with Crippen molar-refractivity contribution in [3.05, 3.63) is 35.8 Å². The molecule has 1 heterocycles. The van der Waals surface area contributed by atoms with E-state index in [2.05, 4.69) is 10.3 Å². The number of rotatable bonds is 5. The summed E-state index contributed by atoms with van der Waals surface area (Å²) in [5.74, 6) is -0.559. The van der Waals surface area contributed by atoms with Crippen LogP contribution in [0, 0.1) is 11.2 Å². The Labute approximate surface area is 123 Å². The van der Waals surface area contributed by atoms with Crippen molar-refractivity contribution in [3.8, 4) is 0 Å². The minimum Gasteiger partial charge on any atom is -0.393 e. The smallest absolute Gasteiger partial charge is 0.267 e. The number of carbonyl (C=O) groups excluding carboxylic acids is 1. The molecule has 21 heavy (non-hydrogen) atoms. The number of hydrogen-bond acceptors (Lipinski definition) is 2. The van der Waals surface area contributed by atoms with Crippen LogP contribution >= 0.6 is 0 Å². The Kier molecular flexibility index (Phi) is 4.32. The largest absolute Gasteiger partial charge is 0.393 e. The van der Waals surface area contributed by atoms with Crippen LogP contribution in [0.1, 0.15) is 37.7 Å². The highest BCUT2D eigenvalue weighted by atomic mass is 19.1. The molecule has 1 aromatic carbocycles. The van der Waals surface area contributed by atoms with Crippen LogP contribution in [0.25, 0.3) is 10.9 Å². The molecule has 0 saturated heterocycles. The third-order valence-electron chi connectivity index (χ3n) is 3.40. The van der Waals surface area contributed by atoms with Crippen molar-refractivity contribution in [2.24, 2.45) is 5.41 Å². The van der Waals surface area contributed by atoms with E-state index in [0.29, 0.717) is 24.0 Å². The number of carbonyl (C=O) groups is 1. The molecule has 0 aliphatic heterocycles. The van der Waals surface area contributed by atoms with Crippen molar-refractivity contribution >= 4 is 16.8 Å². The maximum atomic E-state index is 13.1. The van der Waals surface area contributed by atoms with Crippen molar-refractivity contribution in [1.29, 1.82) is 0 Å². The minimum atomic E-state index is -0.409. The van der Waals surface area contributed by atoms with Crippen LogP contribution in [0.15, 0.2) is 24.3 Å². The number of halogens is 1. The molecule has 1 unspecified atom stereocenters. The zero-order chi connectivity index (χ0) is 15.6. The number of fused-ring (bicyclic) bond motifs is 1. The molecule has 1 amide bonds. The first-order chi connectivity index (χ1) is 9.77. The fourth-order valence-electron chi connectivity index (χ4n) is 2.51. The molecular formula is C16H21FN2O2. The van der Waals surface area contributed by atoms with E-state index in [1.165, 1.54) is 12.1 Å². The van der Waals surface area contributed by atoms with Gasteiger partial charge in [-0.05, 0) is 43.0 Å². The van der Waals surface area contributed by atoms with Crippen LogP contribution < -0.4 is 5.32 Å². The van der Waals surface area contributed by atoms with Crippen molar-refractivity contribution in [2.45, 2.75) is 33.3 Å². The molecular weight excluding hydrogens is 271 g/mol. The molecule has 0 aliphatic rings. The van der Waals surface area contributed by atoms with Crippen molar-refractivity contribution in [3.63, 3.8) is 0 Å². The zero-order valence-corrected chi connectivity index (χ0v) is 12.5. The molecule has 5 heteroatoms. The summed E-state index contributed by atoms with van der Waals surface area (Å²) in [6, 6.07) is 5.99.